The van der Waals surface area contributed by atoms with Crippen LogP contribution in [0.25, 0.3) is 0 Å². The molecular formula is C14H21ClN4. The molecule has 0 bridgehead atoms. The highest BCUT2D eigenvalue weighted by atomic mass is 35.5. The summed E-state index contributed by atoms with van der Waals surface area (Å²) in [7, 11) is 0. The Morgan fingerprint density at radius 3 is 2.53 bits per heavy atom. The zero-order chi connectivity index (χ0) is 13.7. The molecule has 1 saturated carbocycles. The minimum absolute atomic E-state index is 0.133. The zero-order valence-electron chi connectivity index (χ0n) is 11.2. The van der Waals surface area contributed by atoms with Gasteiger partial charge in [0.25, 0.3) is 0 Å². The fourth-order valence-electron chi connectivity index (χ4n) is 2.37. The summed E-state index contributed by atoms with van der Waals surface area (Å²) in [5, 5.41) is 4.04. The number of hydrogen-bond acceptors (Lipinski definition) is 2. The van der Waals surface area contributed by atoms with E-state index >= 15 is 0 Å². The Morgan fingerprint density at radius 1 is 1.32 bits per heavy atom. The Balaban J connectivity index is 1.99. The lowest BCUT2D eigenvalue weighted by Crippen LogP contribution is -2.43. The number of benzene rings is 1. The van der Waals surface area contributed by atoms with Crippen molar-refractivity contribution in [3.63, 3.8) is 0 Å². The first-order valence-corrected chi connectivity index (χ1v) is 7.13. The maximum absolute atomic E-state index is 5.89. The molecule has 1 unspecified atom stereocenters. The third-order valence-electron chi connectivity index (χ3n) is 3.50. The van der Waals surface area contributed by atoms with Gasteiger partial charge in [-0.1, -0.05) is 36.6 Å². The van der Waals surface area contributed by atoms with Gasteiger partial charge in [0.05, 0.1) is 12.1 Å². The summed E-state index contributed by atoms with van der Waals surface area (Å²) < 4.78 is 0. The van der Waals surface area contributed by atoms with Crippen LogP contribution < -0.4 is 16.6 Å². The molecule has 1 aromatic carbocycles. The van der Waals surface area contributed by atoms with Crippen molar-refractivity contribution < 1.29 is 0 Å². The van der Waals surface area contributed by atoms with Crippen LogP contribution in [0.5, 0.6) is 0 Å². The molecule has 5 heteroatoms. The molecule has 4 N–H and O–H groups in total. The van der Waals surface area contributed by atoms with Gasteiger partial charge in [-0.3, -0.25) is 5.43 Å². The third kappa shape index (κ3) is 4.11. The minimum Gasteiger partial charge on any atom is -0.349 e. The highest BCUT2D eigenvalue weighted by Crippen LogP contribution is 2.21. The van der Waals surface area contributed by atoms with Gasteiger partial charge < -0.3 is 5.32 Å². The molecule has 0 amide bonds. The van der Waals surface area contributed by atoms with E-state index in [9.17, 15) is 0 Å². The average Bonchev–Trinajstić information content (AvgIpc) is 2.91. The fourth-order valence-corrected chi connectivity index (χ4v) is 2.50. The van der Waals surface area contributed by atoms with Crippen molar-refractivity contribution in [2.24, 2.45) is 10.8 Å². The highest BCUT2D eigenvalue weighted by Gasteiger charge is 2.15. The van der Waals surface area contributed by atoms with E-state index in [2.05, 4.69) is 22.7 Å². The Labute approximate surface area is 119 Å². The number of guanidine groups is 1. The second kappa shape index (κ2) is 6.78. The number of hydrazine groups is 1. The molecule has 1 aliphatic carbocycles. The van der Waals surface area contributed by atoms with E-state index in [1.165, 1.54) is 12.8 Å². The Hall–Kier alpha value is -1.26. The summed E-state index contributed by atoms with van der Waals surface area (Å²) in [6.07, 6.45) is 4.84. The standard InChI is InChI=1S/C14H21ClN4/c1-10(11-6-8-12(15)9-7-11)17-14(19-16)18-13-4-2-3-5-13/h6-10,13H,2-5,16H2,1H3,(H2,17,18,19). The van der Waals surface area contributed by atoms with Crippen LogP contribution in [0.2, 0.25) is 5.02 Å². The molecule has 0 aliphatic heterocycles. The van der Waals surface area contributed by atoms with Crippen molar-refractivity contribution in [2.45, 2.75) is 44.7 Å². The summed E-state index contributed by atoms with van der Waals surface area (Å²) in [5.41, 5.74) is 3.81. The minimum atomic E-state index is 0.133. The molecule has 4 nitrogen and oxygen atoms in total. The summed E-state index contributed by atoms with van der Waals surface area (Å²) >= 11 is 5.89. The molecule has 1 aromatic rings. The summed E-state index contributed by atoms with van der Waals surface area (Å²) in [6.45, 7) is 2.07. The van der Waals surface area contributed by atoms with E-state index in [-0.39, 0.29) is 6.04 Å². The van der Waals surface area contributed by atoms with Crippen molar-refractivity contribution >= 4 is 17.6 Å². The van der Waals surface area contributed by atoms with Crippen molar-refractivity contribution in [1.29, 1.82) is 0 Å². The van der Waals surface area contributed by atoms with Gasteiger partial charge >= 0.3 is 0 Å². The SMILES string of the molecule is CC(NC(=NC1CCCC1)NN)c1ccc(Cl)cc1. The lowest BCUT2D eigenvalue weighted by Gasteiger charge is -2.18. The normalized spacial score (nSPS) is 18.4. The van der Waals surface area contributed by atoms with Crippen molar-refractivity contribution in [3.8, 4) is 0 Å². The Kier molecular flexibility index (Phi) is 5.05. The quantitative estimate of drug-likeness (QED) is 0.345. The van der Waals surface area contributed by atoms with Crippen LogP contribution in [0.3, 0.4) is 0 Å². The van der Waals surface area contributed by atoms with Gasteiger partial charge in [0.1, 0.15) is 0 Å². The molecule has 1 fully saturated rings. The lowest BCUT2D eigenvalue weighted by molar-refractivity contribution is 0.653. The lowest BCUT2D eigenvalue weighted by atomic mass is 10.1. The van der Waals surface area contributed by atoms with Gasteiger partial charge in [0.2, 0.25) is 5.96 Å². The largest absolute Gasteiger partial charge is 0.349 e. The topological polar surface area (TPSA) is 62.4 Å². The number of nitrogens with one attached hydrogen (secondary N) is 2. The summed E-state index contributed by atoms with van der Waals surface area (Å²) in [4.78, 5) is 4.62. The predicted molar refractivity (Wildman–Crippen MR) is 80.0 cm³/mol. The van der Waals surface area contributed by atoms with Crippen molar-refractivity contribution in [1.82, 2.24) is 10.7 Å². The van der Waals surface area contributed by atoms with E-state index < -0.39 is 0 Å². The van der Waals surface area contributed by atoms with E-state index in [1.54, 1.807) is 0 Å². The monoisotopic (exact) mass is 280 g/mol. The van der Waals surface area contributed by atoms with Crippen LogP contribution in [-0.4, -0.2) is 12.0 Å². The van der Waals surface area contributed by atoms with E-state index in [4.69, 9.17) is 17.4 Å². The molecule has 104 valence electrons. The number of aliphatic imine (C=N–C) groups is 1. The molecule has 0 spiro atoms. The first-order valence-electron chi connectivity index (χ1n) is 6.75. The van der Waals surface area contributed by atoms with Gasteiger partial charge in [0.15, 0.2) is 0 Å². The summed E-state index contributed by atoms with van der Waals surface area (Å²) in [5.74, 6) is 6.20. The predicted octanol–water partition coefficient (Wildman–Crippen LogP) is 2.75. The molecule has 0 saturated heterocycles. The number of nitrogens with two attached hydrogens (primary N) is 1. The second-order valence-electron chi connectivity index (χ2n) is 4.98. The summed E-state index contributed by atoms with van der Waals surface area (Å²) in [6, 6.07) is 8.31. The first-order chi connectivity index (χ1) is 9.19. The van der Waals surface area contributed by atoms with E-state index in [0.717, 1.165) is 23.4 Å². The average molecular weight is 281 g/mol. The van der Waals surface area contributed by atoms with Crippen molar-refractivity contribution in [2.75, 3.05) is 0 Å². The highest BCUT2D eigenvalue weighted by molar-refractivity contribution is 6.30. The second-order valence-corrected chi connectivity index (χ2v) is 5.41. The van der Waals surface area contributed by atoms with Crippen LogP contribution in [0.4, 0.5) is 0 Å². The number of nitrogens with zero attached hydrogens (tertiary/aromatic N) is 1. The van der Waals surface area contributed by atoms with Crippen molar-refractivity contribution in [3.05, 3.63) is 34.9 Å². The van der Waals surface area contributed by atoms with Crippen LogP contribution in [0.1, 0.15) is 44.2 Å². The van der Waals surface area contributed by atoms with Crippen LogP contribution in [-0.2, 0) is 0 Å². The molecule has 19 heavy (non-hydrogen) atoms. The van der Waals surface area contributed by atoms with E-state index in [1.807, 2.05) is 24.3 Å². The maximum Gasteiger partial charge on any atom is 0.206 e. The Morgan fingerprint density at radius 2 is 1.95 bits per heavy atom. The first kappa shape index (κ1) is 14.2. The number of halogens is 1. The van der Waals surface area contributed by atoms with Gasteiger partial charge in [-0.25, -0.2) is 10.8 Å². The molecule has 1 aliphatic rings. The molecule has 0 radical (unpaired) electrons. The third-order valence-corrected chi connectivity index (χ3v) is 3.75. The molecular weight excluding hydrogens is 260 g/mol. The Bertz CT molecular complexity index is 424. The van der Waals surface area contributed by atoms with Gasteiger partial charge in [-0.2, -0.15) is 0 Å². The number of hydrogen-bond donors (Lipinski definition) is 3. The smallest absolute Gasteiger partial charge is 0.206 e. The molecule has 2 rings (SSSR count). The van der Waals surface area contributed by atoms with Gasteiger partial charge in [-0.05, 0) is 37.5 Å². The van der Waals surface area contributed by atoms with Crippen LogP contribution in [0, 0.1) is 0 Å². The van der Waals surface area contributed by atoms with Gasteiger partial charge in [-0.15, -0.1) is 0 Å². The van der Waals surface area contributed by atoms with E-state index in [0.29, 0.717) is 12.0 Å². The fraction of sp³-hybridized carbons (Fsp3) is 0.500. The zero-order valence-corrected chi connectivity index (χ0v) is 12.0. The van der Waals surface area contributed by atoms with Crippen LogP contribution in [0.15, 0.2) is 29.3 Å². The maximum atomic E-state index is 5.89. The molecule has 0 aromatic heterocycles. The molecule has 0 heterocycles. The van der Waals surface area contributed by atoms with Crippen LogP contribution >= 0.6 is 11.6 Å². The molecule has 1 atom stereocenters. The number of rotatable bonds is 3. The van der Waals surface area contributed by atoms with Gasteiger partial charge in [0, 0.05) is 5.02 Å².